The Balaban J connectivity index is 2.11. The number of esters is 1. The minimum Gasteiger partial charge on any atom is -0.492 e. The lowest BCUT2D eigenvalue weighted by Gasteiger charge is -2.14. The first kappa shape index (κ1) is 18.8. The van der Waals surface area contributed by atoms with Crippen LogP contribution in [0, 0.1) is 6.92 Å². The molecule has 1 aromatic rings. The lowest BCUT2D eigenvalue weighted by Crippen LogP contribution is -2.19. The SMILES string of the molecule is CCOC(=O)C1=C(Nc2ccc(OCCN(C)C)cc2C)OCC1=O. The number of nitrogens with zero attached hydrogens (tertiary/aromatic N) is 1. The van der Waals surface area contributed by atoms with Crippen molar-refractivity contribution in [2.45, 2.75) is 13.8 Å². The van der Waals surface area contributed by atoms with Gasteiger partial charge in [-0.15, -0.1) is 0 Å². The molecule has 0 atom stereocenters. The number of hydrogen-bond acceptors (Lipinski definition) is 7. The molecule has 2 rings (SSSR count). The van der Waals surface area contributed by atoms with Crippen molar-refractivity contribution in [2.24, 2.45) is 0 Å². The van der Waals surface area contributed by atoms with E-state index in [4.69, 9.17) is 14.2 Å². The predicted molar refractivity (Wildman–Crippen MR) is 93.5 cm³/mol. The molecule has 0 aromatic heterocycles. The Kier molecular flexibility index (Phi) is 6.41. The number of aryl methyl sites for hydroxylation is 1. The Morgan fingerprint density at radius 2 is 2.12 bits per heavy atom. The molecule has 7 heteroatoms. The monoisotopic (exact) mass is 348 g/mol. The third-order valence-corrected chi connectivity index (χ3v) is 3.59. The molecule has 0 unspecified atom stereocenters. The Hall–Kier alpha value is -2.54. The van der Waals surface area contributed by atoms with Crippen LogP contribution in [0.4, 0.5) is 5.69 Å². The summed E-state index contributed by atoms with van der Waals surface area (Å²) in [5.41, 5.74) is 1.56. The van der Waals surface area contributed by atoms with Crippen molar-refractivity contribution in [2.75, 3.05) is 45.8 Å². The zero-order valence-electron chi connectivity index (χ0n) is 15.0. The number of carbonyl (C=O) groups excluding carboxylic acids is 2. The Labute approximate surface area is 147 Å². The summed E-state index contributed by atoms with van der Waals surface area (Å²) in [6.45, 7) is 5.04. The maximum atomic E-state index is 11.9. The van der Waals surface area contributed by atoms with Gasteiger partial charge in [-0.05, 0) is 51.7 Å². The van der Waals surface area contributed by atoms with E-state index in [1.807, 2.05) is 44.1 Å². The number of rotatable bonds is 8. The lowest BCUT2D eigenvalue weighted by molar-refractivity contribution is -0.139. The van der Waals surface area contributed by atoms with Crippen molar-refractivity contribution in [3.05, 3.63) is 35.2 Å². The highest BCUT2D eigenvalue weighted by atomic mass is 16.5. The van der Waals surface area contributed by atoms with E-state index >= 15 is 0 Å². The molecule has 1 aromatic carbocycles. The average Bonchev–Trinajstić information content (AvgIpc) is 2.90. The van der Waals surface area contributed by atoms with Crippen LogP contribution in [0.1, 0.15) is 12.5 Å². The number of anilines is 1. The molecule has 1 N–H and O–H groups in total. The molecule has 0 aliphatic carbocycles. The number of ketones is 1. The van der Waals surface area contributed by atoms with E-state index in [9.17, 15) is 9.59 Å². The van der Waals surface area contributed by atoms with Gasteiger partial charge in [-0.25, -0.2) is 4.79 Å². The summed E-state index contributed by atoms with van der Waals surface area (Å²) in [5.74, 6) is -0.170. The fourth-order valence-corrected chi connectivity index (χ4v) is 2.25. The van der Waals surface area contributed by atoms with Crippen molar-refractivity contribution in [1.82, 2.24) is 4.90 Å². The van der Waals surface area contributed by atoms with E-state index in [0.29, 0.717) is 6.61 Å². The summed E-state index contributed by atoms with van der Waals surface area (Å²) in [6.07, 6.45) is 0. The first-order chi connectivity index (χ1) is 11.9. The van der Waals surface area contributed by atoms with Gasteiger partial charge in [-0.2, -0.15) is 0 Å². The smallest absolute Gasteiger partial charge is 0.347 e. The summed E-state index contributed by atoms with van der Waals surface area (Å²) in [7, 11) is 3.97. The van der Waals surface area contributed by atoms with Crippen LogP contribution in [-0.2, 0) is 19.1 Å². The highest BCUT2D eigenvalue weighted by Gasteiger charge is 2.32. The van der Waals surface area contributed by atoms with Crippen molar-refractivity contribution in [1.29, 1.82) is 0 Å². The minimum absolute atomic E-state index is 0.0763. The molecule has 1 aliphatic rings. The standard InChI is InChI=1S/C18H24N2O5/c1-5-23-18(22)16-15(21)11-25-17(16)19-14-7-6-13(10-12(14)2)24-9-8-20(3)4/h6-7,10,19H,5,8-9,11H2,1-4H3. The molecule has 0 fully saturated rings. The van der Waals surface area contributed by atoms with E-state index in [-0.39, 0.29) is 30.5 Å². The van der Waals surface area contributed by atoms with E-state index in [2.05, 4.69) is 5.32 Å². The van der Waals surface area contributed by atoms with Gasteiger partial charge in [0.1, 0.15) is 12.4 Å². The topological polar surface area (TPSA) is 77.1 Å². The van der Waals surface area contributed by atoms with Crippen LogP contribution in [0.15, 0.2) is 29.7 Å². The third kappa shape index (κ3) is 4.96. The molecule has 136 valence electrons. The number of ether oxygens (including phenoxy) is 3. The molecule has 7 nitrogen and oxygen atoms in total. The van der Waals surface area contributed by atoms with Gasteiger partial charge in [0.05, 0.1) is 6.61 Å². The van der Waals surface area contributed by atoms with Crippen LogP contribution >= 0.6 is 0 Å². The predicted octanol–water partition coefficient (Wildman–Crippen LogP) is 1.72. The maximum absolute atomic E-state index is 11.9. The largest absolute Gasteiger partial charge is 0.492 e. The molecule has 0 bridgehead atoms. The highest BCUT2D eigenvalue weighted by Crippen LogP contribution is 2.26. The lowest BCUT2D eigenvalue weighted by atomic mass is 10.1. The van der Waals surface area contributed by atoms with E-state index in [0.717, 1.165) is 23.5 Å². The molecule has 0 saturated heterocycles. The van der Waals surface area contributed by atoms with Crippen LogP contribution in [0.3, 0.4) is 0 Å². The van der Waals surface area contributed by atoms with Crippen LogP contribution in [0.5, 0.6) is 5.75 Å². The van der Waals surface area contributed by atoms with Gasteiger partial charge in [0.15, 0.2) is 12.2 Å². The van der Waals surface area contributed by atoms with Gasteiger partial charge in [-0.1, -0.05) is 0 Å². The van der Waals surface area contributed by atoms with Gasteiger partial charge < -0.3 is 24.4 Å². The zero-order valence-corrected chi connectivity index (χ0v) is 15.0. The molecule has 0 radical (unpaired) electrons. The zero-order chi connectivity index (χ0) is 18.4. The summed E-state index contributed by atoms with van der Waals surface area (Å²) in [5, 5.41) is 3.00. The number of carbonyl (C=O) groups is 2. The van der Waals surface area contributed by atoms with Crippen LogP contribution in [0.25, 0.3) is 0 Å². The molecular formula is C18H24N2O5. The van der Waals surface area contributed by atoms with E-state index in [1.165, 1.54) is 0 Å². The summed E-state index contributed by atoms with van der Waals surface area (Å²) in [4.78, 5) is 25.8. The first-order valence-corrected chi connectivity index (χ1v) is 8.15. The minimum atomic E-state index is -0.672. The molecule has 0 saturated carbocycles. The molecule has 0 amide bonds. The maximum Gasteiger partial charge on any atom is 0.347 e. The Morgan fingerprint density at radius 1 is 1.36 bits per heavy atom. The highest BCUT2D eigenvalue weighted by molar-refractivity contribution is 6.19. The fourth-order valence-electron chi connectivity index (χ4n) is 2.25. The van der Waals surface area contributed by atoms with Crippen molar-refractivity contribution in [3.63, 3.8) is 0 Å². The average molecular weight is 348 g/mol. The van der Waals surface area contributed by atoms with Crippen molar-refractivity contribution >= 4 is 17.4 Å². The molecule has 25 heavy (non-hydrogen) atoms. The molecular weight excluding hydrogens is 324 g/mol. The van der Waals surface area contributed by atoms with Gasteiger partial charge in [0.2, 0.25) is 11.7 Å². The second-order valence-electron chi connectivity index (χ2n) is 5.89. The molecule has 0 spiro atoms. The van der Waals surface area contributed by atoms with Gasteiger partial charge in [-0.3, -0.25) is 4.79 Å². The normalized spacial score (nSPS) is 13.9. The van der Waals surface area contributed by atoms with Crippen molar-refractivity contribution < 1.29 is 23.8 Å². The number of Topliss-reactive ketones (excluding diaryl/α,β-unsaturated/α-hetero) is 1. The number of benzene rings is 1. The number of nitrogens with one attached hydrogen (secondary N) is 1. The van der Waals surface area contributed by atoms with Crippen LogP contribution in [-0.4, -0.2) is 57.1 Å². The second-order valence-corrected chi connectivity index (χ2v) is 5.89. The number of hydrogen-bond donors (Lipinski definition) is 1. The summed E-state index contributed by atoms with van der Waals surface area (Å²) < 4.78 is 15.9. The summed E-state index contributed by atoms with van der Waals surface area (Å²) >= 11 is 0. The van der Waals surface area contributed by atoms with Gasteiger partial charge in [0.25, 0.3) is 0 Å². The van der Waals surface area contributed by atoms with E-state index in [1.54, 1.807) is 6.92 Å². The van der Waals surface area contributed by atoms with Crippen LogP contribution < -0.4 is 10.1 Å². The first-order valence-electron chi connectivity index (χ1n) is 8.15. The van der Waals surface area contributed by atoms with Gasteiger partial charge >= 0.3 is 5.97 Å². The molecule has 1 aliphatic heterocycles. The summed E-state index contributed by atoms with van der Waals surface area (Å²) in [6, 6.07) is 5.54. The second kappa shape index (κ2) is 8.53. The van der Waals surface area contributed by atoms with Crippen LogP contribution in [0.2, 0.25) is 0 Å². The number of likely N-dealkylation sites (N-methyl/N-ethyl adjacent to an activating group) is 1. The molecule has 1 heterocycles. The van der Waals surface area contributed by atoms with E-state index < -0.39 is 5.97 Å². The van der Waals surface area contributed by atoms with Crippen molar-refractivity contribution in [3.8, 4) is 5.75 Å². The Bertz CT molecular complexity index is 682. The quantitative estimate of drug-likeness (QED) is 0.566. The Morgan fingerprint density at radius 3 is 2.76 bits per heavy atom. The fraction of sp³-hybridized carbons (Fsp3) is 0.444. The third-order valence-electron chi connectivity index (χ3n) is 3.59. The van der Waals surface area contributed by atoms with Gasteiger partial charge in [0, 0.05) is 12.2 Å².